The van der Waals surface area contributed by atoms with Crippen LogP contribution in [-0.2, 0) is 12.4 Å². The number of nitrogens with zero attached hydrogens (tertiary/aromatic N) is 5. The first-order valence-corrected chi connectivity index (χ1v) is 9.72. The van der Waals surface area contributed by atoms with Crippen molar-refractivity contribution < 1.29 is 0 Å². The van der Waals surface area contributed by atoms with E-state index < -0.39 is 0 Å². The van der Waals surface area contributed by atoms with Crippen molar-refractivity contribution in [1.82, 2.24) is 24.1 Å². The van der Waals surface area contributed by atoms with E-state index in [1.165, 1.54) is 11.9 Å². The van der Waals surface area contributed by atoms with Gasteiger partial charge in [-0.15, -0.1) is 11.6 Å². The first-order valence-electron chi connectivity index (χ1n) is 8.81. The van der Waals surface area contributed by atoms with Gasteiger partial charge in [0, 0.05) is 34.2 Å². The van der Waals surface area contributed by atoms with Crippen LogP contribution < -0.4 is 0 Å². The van der Waals surface area contributed by atoms with E-state index in [9.17, 15) is 0 Å². The molecule has 0 saturated carbocycles. The molecule has 0 N–H and O–H groups in total. The van der Waals surface area contributed by atoms with Gasteiger partial charge in [0.1, 0.15) is 6.33 Å². The molecule has 7 heteroatoms. The quantitative estimate of drug-likeness (QED) is 0.385. The largest absolute Gasteiger partial charge is 0.342 e. The molecule has 3 heterocycles. The van der Waals surface area contributed by atoms with Crippen molar-refractivity contribution in [2.75, 3.05) is 0 Å². The molecule has 0 amide bonds. The van der Waals surface area contributed by atoms with E-state index in [1.54, 1.807) is 4.52 Å². The number of hydrogen-bond donors (Lipinski definition) is 0. The van der Waals surface area contributed by atoms with Crippen LogP contribution in [-0.4, -0.2) is 24.1 Å². The summed E-state index contributed by atoms with van der Waals surface area (Å²) in [7, 11) is 0. The van der Waals surface area contributed by atoms with E-state index in [-0.39, 0.29) is 0 Å². The Kier molecular flexibility index (Phi) is 4.26. The molecule has 5 nitrogen and oxygen atoms in total. The Morgan fingerprint density at radius 1 is 1.00 bits per heavy atom. The Balaban J connectivity index is 1.71. The van der Waals surface area contributed by atoms with Gasteiger partial charge >= 0.3 is 0 Å². The molecular weight excluding hydrogens is 393 g/mol. The van der Waals surface area contributed by atoms with Gasteiger partial charge in [-0.3, -0.25) is 0 Å². The van der Waals surface area contributed by atoms with Crippen molar-refractivity contribution in [3.8, 4) is 11.3 Å². The lowest BCUT2D eigenvalue weighted by Crippen LogP contribution is -2.00. The molecule has 0 fully saturated rings. The van der Waals surface area contributed by atoms with Crippen LogP contribution in [0.3, 0.4) is 0 Å². The second kappa shape index (κ2) is 6.93. The van der Waals surface area contributed by atoms with E-state index in [0.717, 1.165) is 39.4 Å². The lowest BCUT2D eigenvalue weighted by atomic mass is 10.1. The maximum absolute atomic E-state index is 6.06. The standard InChI is InChI=1S/C21H15Cl2N5/c22-10-16-9-20(28-21(26-16)24-13-25-28)18-12-27(19-4-2-1-3-17(18)19)11-14-5-7-15(23)8-6-14/h1-9,12-13H,10-11H2. The Labute approximate surface area is 171 Å². The highest BCUT2D eigenvalue weighted by Gasteiger charge is 2.15. The maximum atomic E-state index is 6.06. The summed E-state index contributed by atoms with van der Waals surface area (Å²) in [6, 6.07) is 18.2. The lowest BCUT2D eigenvalue weighted by Gasteiger charge is -2.06. The minimum absolute atomic E-state index is 0.319. The minimum atomic E-state index is 0.319. The van der Waals surface area contributed by atoms with Crippen LogP contribution in [0.25, 0.3) is 27.9 Å². The smallest absolute Gasteiger partial charge is 0.252 e. The van der Waals surface area contributed by atoms with Gasteiger partial charge in [-0.2, -0.15) is 14.6 Å². The number of rotatable bonds is 4. The fourth-order valence-electron chi connectivity index (χ4n) is 3.49. The number of fused-ring (bicyclic) bond motifs is 2. The van der Waals surface area contributed by atoms with Crippen LogP contribution in [0.4, 0.5) is 0 Å². The Morgan fingerprint density at radius 2 is 1.82 bits per heavy atom. The molecule has 5 aromatic rings. The number of hydrogen-bond acceptors (Lipinski definition) is 3. The summed E-state index contributed by atoms with van der Waals surface area (Å²) in [5.41, 5.74) is 5.08. The van der Waals surface area contributed by atoms with Crippen LogP contribution >= 0.6 is 23.2 Å². The van der Waals surface area contributed by atoms with E-state index in [4.69, 9.17) is 23.2 Å². The van der Waals surface area contributed by atoms with E-state index in [2.05, 4.69) is 38.0 Å². The summed E-state index contributed by atoms with van der Waals surface area (Å²) in [5, 5.41) is 6.23. The number of para-hydroxylation sites is 1. The highest BCUT2D eigenvalue weighted by molar-refractivity contribution is 6.30. The number of alkyl halides is 1. The van der Waals surface area contributed by atoms with Crippen LogP contribution in [0, 0.1) is 0 Å². The summed E-state index contributed by atoms with van der Waals surface area (Å²) in [5.74, 6) is 0.863. The third-order valence-electron chi connectivity index (χ3n) is 4.77. The second-order valence-corrected chi connectivity index (χ2v) is 7.26. The third-order valence-corrected chi connectivity index (χ3v) is 5.30. The molecule has 0 aliphatic rings. The predicted octanol–water partition coefficient (Wildman–Crippen LogP) is 5.19. The predicted molar refractivity (Wildman–Crippen MR) is 112 cm³/mol. The highest BCUT2D eigenvalue weighted by atomic mass is 35.5. The zero-order valence-corrected chi connectivity index (χ0v) is 16.3. The highest BCUT2D eigenvalue weighted by Crippen LogP contribution is 2.31. The molecule has 0 aliphatic carbocycles. The zero-order valence-electron chi connectivity index (χ0n) is 14.8. The molecular formula is C21H15Cl2N5. The van der Waals surface area contributed by atoms with Gasteiger partial charge in [-0.25, -0.2) is 4.98 Å². The van der Waals surface area contributed by atoms with Gasteiger partial charge < -0.3 is 4.57 Å². The number of halogens is 2. The molecule has 0 unspecified atom stereocenters. The van der Waals surface area contributed by atoms with Crippen molar-refractivity contribution in [2.45, 2.75) is 12.4 Å². The van der Waals surface area contributed by atoms with Crippen molar-refractivity contribution in [1.29, 1.82) is 0 Å². The first kappa shape index (κ1) is 17.2. The molecule has 0 atom stereocenters. The fraction of sp³-hybridized carbons (Fsp3) is 0.0952. The van der Waals surface area contributed by atoms with Crippen molar-refractivity contribution in [2.24, 2.45) is 0 Å². The molecule has 3 aromatic heterocycles. The lowest BCUT2D eigenvalue weighted by molar-refractivity contribution is 0.836. The average molecular weight is 408 g/mol. The van der Waals surface area contributed by atoms with Gasteiger partial charge in [0.05, 0.1) is 17.3 Å². The van der Waals surface area contributed by atoms with Crippen LogP contribution in [0.1, 0.15) is 11.3 Å². The molecule has 2 aromatic carbocycles. The topological polar surface area (TPSA) is 48.0 Å². The van der Waals surface area contributed by atoms with Crippen LogP contribution in [0.2, 0.25) is 5.02 Å². The summed E-state index contributed by atoms with van der Waals surface area (Å²) in [4.78, 5) is 8.68. The van der Waals surface area contributed by atoms with Gasteiger partial charge in [-0.05, 0) is 29.8 Å². The Morgan fingerprint density at radius 3 is 2.64 bits per heavy atom. The van der Waals surface area contributed by atoms with Crippen molar-refractivity contribution >= 4 is 39.9 Å². The van der Waals surface area contributed by atoms with Gasteiger partial charge in [0.25, 0.3) is 5.78 Å². The molecule has 28 heavy (non-hydrogen) atoms. The minimum Gasteiger partial charge on any atom is -0.342 e. The summed E-state index contributed by atoms with van der Waals surface area (Å²) in [6.45, 7) is 0.742. The van der Waals surface area contributed by atoms with Gasteiger partial charge in [0.15, 0.2) is 0 Å². The Bertz CT molecular complexity index is 1290. The maximum Gasteiger partial charge on any atom is 0.252 e. The summed E-state index contributed by atoms with van der Waals surface area (Å²) in [6.07, 6.45) is 3.66. The zero-order chi connectivity index (χ0) is 19.1. The molecule has 5 rings (SSSR count). The Hall–Kier alpha value is -2.89. The van der Waals surface area contributed by atoms with Crippen molar-refractivity contribution in [3.63, 3.8) is 0 Å². The molecule has 0 aliphatic heterocycles. The van der Waals surface area contributed by atoms with Crippen LogP contribution in [0.5, 0.6) is 0 Å². The number of benzene rings is 2. The first-order chi connectivity index (χ1) is 13.7. The molecule has 0 saturated heterocycles. The number of aromatic nitrogens is 5. The fourth-order valence-corrected chi connectivity index (χ4v) is 3.75. The molecule has 0 radical (unpaired) electrons. The monoisotopic (exact) mass is 407 g/mol. The molecule has 138 valence electrons. The second-order valence-electron chi connectivity index (χ2n) is 6.55. The van der Waals surface area contributed by atoms with E-state index in [0.29, 0.717) is 11.7 Å². The van der Waals surface area contributed by atoms with E-state index in [1.807, 2.05) is 42.5 Å². The average Bonchev–Trinajstić information content (AvgIpc) is 3.34. The van der Waals surface area contributed by atoms with Crippen molar-refractivity contribution in [3.05, 3.63) is 83.4 Å². The SMILES string of the molecule is ClCc1cc(-c2cn(Cc3ccc(Cl)cc3)c3ccccc23)n2ncnc2n1. The summed E-state index contributed by atoms with van der Waals surface area (Å²) >= 11 is 12.1. The molecule has 0 bridgehead atoms. The normalized spacial score (nSPS) is 11.5. The third kappa shape index (κ3) is 2.93. The van der Waals surface area contributed by atoms with E-state index >= 15 is 0 Å². The summed E-state index contributed by atoms with van der Waals surface area (Å²) < 4.78 is 3.99. The van der Waals surface area contributed by atoms with Gasteiger partial charge in [0.2, 0.25) is 0 Å². The molecule has 0 spiro atoms. The van der Waals surface area contributed by atoms with Crippen LogP contribution in [0.15, 0.2) is 67.1 Å². The van der Waals surface area contributed by atoms with Gasteiger partial charge in [-0.1, -0.05) is 41.9 Å².